The quantitative estimate of drug-likeness (QED) is 0.462. The lowest BCUT2D eigenvalue weighted by atomic mass is 10.1. The molecule has 25 heavy (non-hydrogen) atoms. The summed E-state index contributed by atoms with van der Waals surface area (Å²) >= 11 is 3.71. The molecule has 0 radical (unpaired) electrons. The fourth-order valence-corrected chi connectivity index (χ4v) is 10.6. The van der Waals surface area contributed by atoms with Crippen LogP contribution in [0.25, 0.3) is 12.2 Å². The summed E-state index contributed by atoms with van der Waals surface area (Å²) in [4.78, 5) is 0. The molecule has 2 atom stereocenters. The molecular formula is C22H22BrFSi. The number of fused-ring (bicyclic) bond motifs is 2. The van der Waals surface area contributed by atoms with Gasteiger partial charge in [-0.3, -0.25) is 0 Å². The molecule has 0 aromatic heterocycles. The number of allylic oxidation sites excluding steroid dienone is 2. The molecule has 0 saturated carbocycles. The molecule has 2 aliphatic carbocycles. The van der Waals surface area contributed by atoms with Gasteiger partial charge in [-0.15, -0.1) is 0 Å². The van der Waals surface area contributed by atoms with E-state index in [-0.39, 0.29) is 5.82 Å². The maximum Gasteiger partial charge on any atom is 0.130 e. The lowest BCUT2D eigenvalue weighted by Crippen LogP contribution is -2.42. The monoisotopic (exact) mass is 412 g/mol. The summed E-state index contributed by atoms with van der Waals surface area (Å²) in [5.41, 5.74) is 8.32. The van der Waals surface area contributed by atoms with Gasteiger partial charge in [-0.05, 0) is 42.7 Å². The van der Waals surface area contributed by atoms with E-state index in [0.717, 1.165) is 5.56 Å². The van der Waals surface area contributed by atoms with Gasteiger partial charge in [0, 0.05) is 21.1 Å². The molecule has 2 aromatic carbocycles. The highest BCUT2D eigenvalue weighted by atomic mass is 79.9. The Morgan fingerprint density at radius 3 is 2.00 bits per heavy atom. The van der Waals surface area contributed by atoms with E-state index in [4.69, 9.17) is 0 Å². The second-order valence-electron chi connectivity index (χ2n) is 7.95. The molecule has 0 nitrogen and oxygen atoms in total. The van der Waals surface area contributed by atoms with Crippen LogP contribution in [-0.4, -0.2) is 8.07 Å². The van der Waals surface area contributed by atoms with Crippen molar-refractivity contribution in [1.29, 1.82) is 0 Å². The predicted octanol–water partition coefficient (Wildman–Crippen LogP) is 7.08. The van der Waals surface area contributed by atoms with Gasteiger partial charge in [0.25, 0.3) is 0 Å². The van der Waals surface area contributed by atoms with Crippen LogP contribution in [0.1, 0.15) is 47.2 Å². The average molecular weight is 413 g/mol. The van der Waals surface area contributed by atoms with Crippen molar-refractivity contribution in [3.63, 3.8) is 0 Å². The molecule has 2 aromatic rings. The number of benzene rings is 2. The maximum absolute atomic E-state index is 14.3. The van der Waals surface area contributed by atoms with E-state index < -0.39 is 8.07 Å². The average Bonchev–Trinajstić information content (AvgIpc) is 3.06. The third kappa shape index (κ3) is 2.43. The van der Waals surface area contributed by atoms with Gasteiger partial charge in [0.15, 0.2) is 0 Å². The van der Waals surface area contributed by atoms with Crippen molar-refractivity contribution < 1.29 is 4.39 Å². The summed E-state index contributed by atoms with van der Waals surface area (Å²) in [7, 11) is -1.84. The highest BCUT2D eigenvalue weighted by molar-refractivity contribution is 9.10. The van der Waals surface area contributed by atoms with Gasteiger partial charge < -0.3 is 0 Å². The van der Waals surface area contributed by atoms with Crippen LogP contribution in [0.3, 0.4) is 0 Å². The van der Waals surface area contributed by atoms with Gasteiger partial charge in [0.1, 0.15) is 5.82 Å². The van der Waals surface area contributed by atoms with E-state index in [1.165, 1.54) is 32.3 Å². The van der Waals surface area contributed by atoms with Crippen molar-refractivity contribution in [2.24, 2.45) is 0 Å². The minimum atomic E-state index is -1.84. The third-order valence-electron chi connectivity index (χ3n) is 5.94. The van der Waals surface area contributed by atoms with E-state index in [0.29, 0.717) is 11.1 Å². The predicted molar refractivity (Wildman–Crippen MR) is 111 cm³/mol. The first-order valence-electron chi connectivity index (χ1n) is 8.75. The first-order valence-corrected chi connectivity index (χ1v) is 12.7. The Kier molecular flexibility index (Phi) is 3.93. The molecule has 0 N–H and O–H groups in total. The Labute approximate surface area is 158 Å². The molecule has 3 heteroatoms. The number of hydrogen-bond acceptors (Lipinski definition) is 0. The van der Waals surface area contributed by atoms with Crippen LogP contribution in [0, 0.1) is 5.82 Å². The Bertz CT molecular complexity index is 864. The highest BCUT2D eigenvalue weighted by Crippen LogP contribution is 2.53. The summed E-state index contributed by atoms with van der Waals surface area (Å²) in [5.74, 6) is -0.0917. The van der Waals surface area contributed by atoms with Crippen molar-refractivity contribution in [3.05, 3.63) is 80.1 Å². The molecule has 0 amide bonds. The first-order chi connectivity index (χ1) is 11.8. The van der Waals surface area contributed by atoms with E-state index >= 15 is 0 Å². The lowest BCUT2D eigenvalue weighted by molar-refractivity contribution is 0.624. The van der Waals surface area contributed by atoms with Gasteiger partial charge in [-0.25, -0.2) is 4.39 Å². The Balaban J connectivity index is 1.86. The second kappa shape index (κ2) is 5.78. The Morgan fingerprint density at radius 2 is 1.36 bits per heavy atom. The Morgan fingerprint density at radius 1 is 0.840 bits per heavy atom. The van der Waals surface area contributed by atoms with Gasteiger partial charge in [-0.1, -0.05) is 76.6 Å². The summed E-state index contributed by atoms with van der Waals surface area (Å²) in [6.07, 6.45) is 4.40. The zero-order valence-electron chi connectivity index (χ0n) is 15.0. The molecule has 0 bridgehead atoms. The Hall–Kier alpha value is -1.45. The highest BCUT2D eigenvalue weighted by Gasteiger charge is 2.47. The molecule has 0 heterocycles. The molecule has 4 rings (SSSR count). The van der Waals surface area contributed by atoms with Crippen LogP contribution in [-0.2, 0) is 0 Å². The molecule has 2 aliphatic rings. The topological polar surface area (TPSA) is 0 Å². The van der Waals surface area contributed by atoms with Crippen LogP contribution in [0.5, 0.6) is 0 Å². The molecule has 0 saturated heterocycles. The summed E-state index contributed by atoms with van der Waals surface area (Å²) in [5, 5.41) is 0. The normalized spacial score (nSPS) is 21.7. The van der Waals surface area contributed by atoms with Crippen molar-refractivity contribution in [2.75, 3.05) is 0 Å². The van der Waals surface area contributed by atoms with Gasteiger partial charge >= 0.3 is 0 Å². The van der Waals surface area contributed by atoms with E-state index in [1.807, 2.05) is 6.07 Å². The smallest absolute Gasteiger partial charge is 0.130 e. The van der Waals surface area contributed by atoms with Crippen molar-refractivity contribution in [3.8, 4) is 0 Å². The summed E-state index contributed by atoms with van der Waals surface area (Å²) in [6, 6.07) is 12.1. The SMILES string of the molecule is CC1=Cc2c(F)cccc2C1[Si](C)(C)C1C(C)=Cc2c(Br)cccc21. The largest absolute Gasteiger partial charge is 0.206 e. The third-order valence-corrected chi connectivity index (χ3v) is 11.1. The van der Waals surface area contributed by atoms with Gasteiger partial charge in [0.05, 0.1) is 8.07 Å². The van der Waals surface area contributed by atoms with E-state index in [9.17, 15) is 4.39 Å². The molecule has 128 valence electrons. The van der Waals surface area contributed by atoms with Crippen molar-refractivity contribution >= 4 is 36.2 Å². The standard InChI is InChI=1S/C22H22BrFSi/c1-13-11-17-15(7-5-9-19(17)23)21(13)25(3,4)22-14(2)12-18-16(22)8-6-10-20(18)24/h5-12,21-22H,1-4H3. The van der Waals surface area contributed by atoms with Crippen LogP contribution in [0.2, 0.25) is 13.1 Å². The summed E-state index contributed by atoms with van der Waals surface area (Å²) in [6.45, 7) is 9.36. The lowest BCUT2D eigenvalue weighted by Gasteiger charge is -2.39. The maximum atomic E-state index is 14.3. The number of rotatable bonds is 2. The molecule has 0 fully saturated rings. The molecular weight excluding hydrogens is 391 g/mol. The molecule has 2 unspecified atom stereocenters. The van der Waals surface area contributed by atoms with E-state index in [2.05, 4.69) is 79.3 Å². The zero-order valence-corrected chi connectivity index (χ0v) is 17.6. The zero-order chi connectivity index (χ0) is 17.9. The second-order valence-corrected chi connectivity index (χ2v) is 13.6. The number of halogens is 2. The fraction of sp³-hybridized carbons (Fsp3) is 0.273. The van der Waals surface area contributed by atoms with E-state index in [1.54, 1.807) is 6.07 Å². The van der Waals surface area contributed by atoms with Crippen molar-refractivity contribution in [2.45, 2.75) is 38.0 Å². The van der Waals surface area contributed by atoms with Gasteiger partial charge in [0.2, 0.25) is 0 Å². The first kappa shape index (κ1) is 17.0. The van der Waals surface area contributed by atoms with Crippen molar-refractivity contribution in [1.82, 2.24) is 0 Å². The van der Waals surface area contributed by atoms with Crippen LogP contribution in [0.15, 0.2) is 52.0 Å². The minimum absolute atomic E-state index is 0.0917. The summed E-state index contributed by atoms with van der Waals surface area (Å²) < 4.78 is 15.5. The van der Waals surface area contributed by atoms with Gasteiger partial charge in [-0.2, -0.15) is 0 Å². The molecule has 0 spiro atoms. The van der Waals surface area contributed by atoms with Crippen LogP contribution >= 0.6 is 15.9 Å². The minimum Gasteiger partial charge on any atom is -0.206 e. The van der Waals surface area contributed by atoms with Crippen LogP contribution < -0.4 is 0 Å². The number of hydrogen-bond donors (Lipinski definition) is 0. The van der Waals surface area contributed by atoms with Crippen LogP contribution in [0.4, 0.5) is 4.39 Å². The fourth-order valence-electron chi connectivity index (χ4n) is 5.17. The molecule has 0 aliphatic heterocycles.